The summed E-state index contributed by atoms with van der Waals surface area (Å²) in [5.74, 6) is 0.169. The Hall–Kier alpha value is -4.16. The summed E-state index contributed by atoms with van der Waals surface area (Å²) in [5, 5.41) is 0.972. The van der Waals surface area contributed by atoms with Crippen molar-refractivity contribution < 1.29 is 19.0 Å². The number of hydrogen-bond acceptors (Lipinski definition) is 5. The van der Waals surface area contributed by atoms with Gasteiger partial charge in [0.1, 0.15) is 19.0 Å². The fourth-order valence-electron chi connectivity index (χ4n) is 3.82. The van der Waals surface area contributed by atoms with Crippen LogP contribution < -0.4 is 10.3 Å². The van der Waals surface area contributed by atoms with Crippen LogP contribution in [0.4, 0.5) is 0 Å². The molecule has 0 unspecified atom stereocenters. The number of nitrogens with zero attached hydrogens (tertiary/aromatic N) is 1. The summed E-state index contributed by atoms with van der Waals surface area (Å²) >= 11 is 0. The Labute approximate surface area is 204 Å². The van der Waals surface area contributed by atoms with Crippen molar-refractivity contribution in [3.8, 4) is 16.9 Å². The Morgan fingerprint density at radius 3 is 2.31 bits per heavy atom. The van der Waals surface area contributed by atoms with Crippen molar-refractivity contribution in [2.45, 2.75) is 6.54 Å². The highest BCUT2D eigenvalue weighted by molar-refractivity contribution is 5.95. The van der Waals surface area contributed by atoms with Gasteiger partial charge in [-0.1, -0.05) is 67.2 Å². The lowest BCUT2D eigenvalue weighted by atomic mass is 10.0. The van der Waals surface area contributed by atoms with Gasteiger partial charge in [0.2, 0.25) is 0 Å². The number of fused-ring (bicyclic) bond motifs is 1. The van der Waals surface area contributed by atoms with Crippen LogP contribution in [0, 0.1) is 0 Å². The summed E-state index contributed by atoms with van der Waals surface area (Å²) in [5.41, 5.74) is 3.64. The molecule has 4 rings (SSSR count). The number of ether oxygens (including phenoxy) is 3. The van der Waals surface area contributed by atoms with Gasteiger partial charge in [0.25, 0.3) is 5.56 Å². The van der Waals surface area contributed by atoms with E-state index in [1.165, 1.54) is 0 Å². The number of carbonyl (C=O) groups excluding carboxylic acids is 1. The van der Waals surface area contributed by atoms with E-state index in [1.807, 2.05) is 78.9 Å². The van der Waals surface area contributed by atoms with Gasteiger partial charge in [-0.3, -0.25) is 4.79 Å². The van der Waals surface area contributed by atoms with Crippen LogP contribution in [0.5, 0.6) is 5.75 Å². The Morgan fingerprint density at radius 1 is 0.857 bits per heavy atom. The van der Waals surface area contributed by atoms with E-state index in [2.05, 4.69) is 6.58 Å². The fourth-order valence-corrected chi connectivity index (χ4v) is 3.82. The number of hydrogen-bond donors (Lipinski definition) is 0. The molecular weight excluding hydrogens is 442 g/mol. The highest BCUT2D eigenvalue weighted by atomic mass is 16.6. The zero-order chi connectivity index (χ0) is 24.5. The first kappa shape index (κ1) is 24.0. The Kier molecular flexibility index (Phi) is 8.09. The van der Waals surface area contributed by atoms with E-state index in [-0.39, 0.29) is 18.8 Å². The van der Waals surface area contributed by atoms with Crippen molar-refractivity contribution in [3.05, 3.63) is 114 Å². The van der Waals surface area contributed by atoms with Gasteiger partial charge in [-0.15, -0.1) is 0 Å². The lowest BCUT2D eigenvalue weighted by Gasteiger charge is -2.16. The molecule has 0 fully saturated rings. The Morgan fingerprint density at radius 2 is 1.57 bits per heavy atom. The van der Waals surface area contributed by atoms with E-state index >= 15 is 0 Å². The van der Waals surface area contributed by atoms with Gasteiger partial charge in [-0.25, -0.2) is 4.79 Å². The number of esters is 1. The number of rotatable bonds is 11. The van der Waals surface area contributed by atoms with Gasteiger partial charge in [0, 0.05) is 23.6 Å². The van der Waals surface area contributed by atoms with Crippen molar-refractivity contribution in [2.75, 3.05) is 26.4 Å². The number of aromatic nitrogens is 1. The van der Waals surface area contributed by atoms with Crippen LogP contribution in [0.15, 0.2) is 102 Å². The molecule has 0 bridgehead atoms. The third-order valence-electron chi connectivity index (χ3n) is 5.49. The molecule has 1 heterocycles. The largest absolute Gasteiger partial charge is 0.491 e. The predicted octanol–water partition coefficient (Wildman–Crippen LogP) is 4.84. The van der Waals surface area contributed by atoms with E-state index < -0.39 is 5.97 Å². The molecule has 0 amide bonds. The van der Waals surface area contributed by atoms with E-state index in [9.17, 15) is 9.59 Å². The Bertz CT molecular complexity index is 1350. The molecule has 0 aliphatic rings. The summed E-state index contributed by atoms with van der Waals surface area (Å²) in [4.78, 5) is 24.3. The normalized spacial score (nSPS) is 10.7. The lowest BCUT2D eigenvalue weighted by Crippen LogP contribution is -2.21. The maximum Gasteiger partial charge on any atom is 0.330 e. The van der Waals surface area contributed by atoms with E-state index in [1.54, 1.807) is 10.6 Å². The molecule has 0 aliphatic heterocycles. The lowest BCUT2D eigenvalue weighted by molar-refractivity contribution is -0.139. The topological polar surface area (TPSA) is 66.8 Å². The van der Waals surface area contributed by atoms with Crippen molar-refractivity contribution in [3.63, 3.8) is 0 Å². The Balaban J connectivity index is 1.56. The minimum absolute atomic E-state index is 0.0743. The zero-order valence-electron chi connectivity index (χ0n) is 19.4. The van der Waals surface area contributed by atoms with Crippen LogP contribution in [0.1, 0.15) is 5.56 Å². The number of pyridine rings is 1. The van der Waals surface area contributed by atoms with Crippen molar-refractivity contribution >= 4 is 16.9 Å². The van der Waals surface area contributed by atoms with Crippen molar-refractivity contribution in [1.82, 2.24) is 4.57 Å². The monoisotopic (exact) mass is 469 g/mol. The van der Waals surface area contributed by atoms with Crippen LogP contribution in [-0.4, -0.2) is 37.0 Å². The van der Waals surface area contributed by atoms with Gasteiger partial charge in [0.05, 0.1) is 25.3 Å². The first-order chi connectivity index (χ1) is 17.2. The molecule has 0 N–H and O–H groups in total. The zero-order valence-corrected chi connectivity index (χ0v) is 19.4. The molecule has 0 spiro atoms. The minimum atomic E-state index is -0.475. The van der Waals surface area contributed by atoms with Crippen molar-refractivity contribution in [1.29, 1.82) is 0 Å². The standard InChI is InChI=1S/C29H27NO5/c1-2-29(32)35-18-16-33-15-17-34-24-13-14-25-26(23-11-7-4-8-12-23)20-28(31)30(27(25)19-24)21-22-9-5-3-6-10-22/h2-14,19-20H,1,15-18,21H2. The smallest absolute Gasteiger partial charge is 0.330 e. The van der Waals surface area contributed by atoms with Crippen molar-refractivity contribution in [2.24, 2.45) is 0 Å². The van der Waals surface area contributed by atoms with Crippen LogP contribution >= 0.6 is 0 Å². The summed E-state index contributed by atoms with van der Waals surface area (Å²) in [6, 6.07) is 27.3. The van der Waals surface area contributed by atoms with Gasteiger partial charge < -0.3 is 18.8 Å². The van der Waals surface area contributed by atoms with Gasteiger partial charge in [-0.05, 0) is 28.8 Å². The molecule has 0 atom stereocenters. The summed E-state index contributed by atoms with van der Waals surface area (Å²) in [7, 11) is 0. The van der Waals surface area contributed by atoms with E-state index in [4.69, 9.17) is 14.2 Å². The first-order valence-electron chi connectivity index (χ1n) is 11.4. The summed E-state index contributed by atoms with van der Waals surface area (Å²) < 4.78 is 18.0. The molecule has 0 saturated carbocycles. The quantitative estimate of drug-likeness (QED) is 0.179. The molecule has 6 nitrogen and oxygen atoms in total. The molecule has 0 aliphatic carbocycles. The maximum absolute atomic E-state index is 13.2. The second kappa shape index (κ2) is 11.8. The molecule has 0 radical (unpaired) electrons. The van der Waals surface area contributed by atoms with E-state index in [0.717, 1.165) is 33.7 Å². The molecule has 0 saturated heterocycles. The highest BCUT2D eigenvalue weighted by Gasteiger charge is 2.12. The number of benzene rings is 3. The molecule has 3 aromatic carbocycles. The summed E-state index contributed by atoms with van der Waals surface area (Å²) in [6.45, 7) is 4.90. The van der Waals surface area contributed by atoms with E-state index in [0.29, 0.717) is 25.5 Å². The average Bonchev–Trinajstić information content (AvgIpc) is 2.90. The highest BCUT2D eigenvalue weighted by Crippen LogP contribution is 2.30. The van der Waals surface area contributed by atoms with Crippen LogP contribution in [0.2, 0.25) is 0 Å². The third-order valence-corrected chi connectivity index (χ3v) is 5.49. The van der Waals surface area contributed by atoms with Crippen LogP contribution in [-0.2, 0) is 20.8 Å². The SMILES string of the molecule is C=CC(=O)OCCOCCOc1ccc2c(-c3ccccc3)cc(=O)n(Cc3ccccc3)c2c1. The van der Waals surface area contributed by atoms with Gasteiger partial charge in [0.15, 0.2) is 0 Å². The first-order valence-corrected chi connectivity index (χ1v) is 11.4. The van der Waals surface area contributed by atoms with Gasteiger partial charge >= 0.3 is 5.97 Å². The molecular formula is C29H27NO5. The minimum Gasteiger partial charge on any atom is -0.491 e. The molecule has 6 heteroatoms. The molecule has 4 aromatic rings. The second-order valence-electron chi connectivity index (χ2n) is 7.85. The second-order valence-corrected chi connectivity index (χ2v) is 7.85. The predicted molar refractivity (Wildman–Crippen MR) is 137 cm³/mol. The molecule has 35 heavy (non-hydrogen) atoms. The van der Waals surface area contributed by atoms with Gasteiger partial charge in [-0.2, -0.15) is 0 Å². The van der Waals surface area contributed by atoms with Crippen LogP contribution in [0.3, 0.4) is 0 Å². The number of carbonyl (C=O) groups is 1. The average molecular weight is 470 g/mol. The van der Waals surface area contributed by atoms with Crippen LogP contribution in [0.25, 0.3) is 22.0 Å². The third kappa shape index (κ3) is 6.25. The molecule has 178 valence electrons. The fraction of sp³-hybridized carbons (Fsp3) is 0.172. The summed E-state index contributed by atoms with van der Waals surface area (Å²) in [6.07, 6.45) is 1.11. The molecule has 1 aromatic heterocycles. The maximum atomic E-state index is 13.2.